The van der Waals surface area contributed by atoms with Crippen LogP contribution < -0.4 is 0 Å². The summed E-state index contributed by atoms with van der Waals surface area (Å²) in [7, 11) is 2.16. The molecule has 0 aromatic rings. The third-order valence-electron chi connectivity index (χ3n) is 3.96. The lowest BCUT2D eigenvalue weighted by Crippen LogP contribution is -2.43. The lowest BCUT2D eigenvalue weighted by molar-refractivity contribution is -0.144. The average Bonchev–Trinajstić information content (AvgIpc) is 2.55. The van der Waals surface area contributed by atoms with Crippen LogP contribution in [0, 0.1) is 0 Å². The summed E-state index contributed by atoms with van der Waals surface area (Å²) in [5.74, 6) is -0.330. The summed E-state index contributed by atoms with van der Waals surface area (Å²) in [6.07, 6.45) is 7.30. The van der Waals surface area contributed by atoms with E-state index in [0.717, 1.165) is 19.3 Å². The highest BCUT2D eigenvalue weighted by atomic mass is 28.4. The van der Waals surface area contributed by atoms with Crippen molar-refractivity contribution < 1.29 is 22.8 Å². The molecule has 0 heterocycles. The summed E-state index contributed by atoms with van der Waals surface area (Å²) in [6.45, 7) is 7.51. The molecule has 0 saturated heterocycles. The summed E-state index contributed by atoms with van der Waals surface area (Å²) in [6, 6.07) is 0.625. The second-order valence-corrected chi connectivity index (χ2v) is 8.94. The molecule has 0 bridgehead atoms. The molecule has 0 fully saturated rings. The average molecular weight is 347 g/mol. The van der Waals surface area contributed by atoms with Crippen molar-refractivity contribution in [2.24, 2.45) is 0 Å². The molecule has 0 saturated carbocycles. The zero-order valence-corrected chi connectivity index (χ0v) is 16.5. The van der Waals surface area contributed by atoms with E-state index in [-0.39, 0.29) is 12.1 Å². The summed E-state index contributed by atoms with van der Waals surface area (Å²) in [5, 5.41) is 0. The van der Waals surface area contributed by atoms with Gasteiger partial charge in [-0.2, -0.15) is 0 Å². The van der Waals surface area contributed by atoms with Crippen molar-refractivity contribution in [1.82, 2.24) is 0 Å². The molecule has 0 aromatic carbocycles. The van der Waals surface area contributed by atoms with Gasteiger partial charge in [0, 0.05) is 32.9 Å². The summed E-state index contributed by atoms with van der Waals surface area (Å²) in [5.41, 5.74) is 0.426. The van der Waals surface area contributed by atoms with Gasteiger partial charge < -0.3 is 18.0 Å². The second-order valence-electron chi connectivity index (χ2n) is 5.84. The molecule has 1 atom stereocenters. The Kier molecular flexibility index (Phi) is 12.3. The molecular formula is C17H34O5Si. The van der Waals surface area contributed by atoms with Crippen molar-refractivity contribution in [3.8, 4) is 0 Å². The molecule has 0 aliphatic rings. The van der Waals surface area contributed by atoms with Gasteiger partial charge in [-0.15, -0.1) is 0 Å². The lowest BCUT2D eigenvalue weighted by Gasteiger charge is -2.26. The van der Waals surface area contributed by atoms with E-state index in [1.54, 1.807) is 28.3 Å². The first kappa shape index (κ1) is 22.3. The van der Waals surface area contributed by atoms with Crippen LogP contribution in [0.3, 0.4) is 0 Å². The number of hydrogen-bond donors (Lipinski definition) is 0. The van der Waals surface area contributed by atoms with Gasteiger partial charge in [-0.3, -0.25) is 0 Å². The molecule has 5 nitrogen and oxygen atoms in total. The molecule has 23 heavy (non-hydrogen) atoms. The Morgan fingerprint density at radius 3 is 2.04 bits per heavy atom. The number of esters is 1. The van der Waals surface area contributed by atoms with Crippen LogP contribution >= 0.6 is 0 Å². The van der Waals surface area contributed by atoms with Gasteiger partial charge in [-0.1, -0.05) is 39.2 Å². The normalized spacial score (nSPS) is 12.9. The standard InChI is InChI=1S/C17H34O5Si/c1-7-8-9-10-11-12-16(22-17(18)15(2)3)13-14-23(19-4,20-5)21-6/h16H,2,7-14H2,1,3-6H3. The van der Waals surface area contributed by atoms with Crippen LogP contribution in [0.4, 0.5) is 0 Å². The Morgan fingerprint density at radius 1 is 1.00 bits per heavy atom. The molecule has 0 radical (unpaired) electrons. The maximum atomic E-state index is 11.8. The zero-order valence-electron chi connectivity index (χ0n) is 15.5. The molecule has 6 heteroatoms. The highest BCUT2D eigenvalue weighted by molar-refractivity contribution is 6.60. The molecule has 0 aliphatic heterocycles. The number of rotatable bonds is 14. The van der Waals surface area contributed by atoms with E-state index in [9.17, 15) is 4.79 Å². The highest BCUT2D eigenvalue weighted by Gasteiger charge is 2.38. The van der Waals surface area contributed by atoms with Crippen LogP contribution in [0.5, 0.6) is 0 Å². The van der Waals surface area contributed by atoms with E-state index >= 15 is 0 Å². The Labute approximate surface area is 142 Å². The Hall–Kier alpha value is -0.693. The van der Waals surface area contributed by atoms with E-state index in [1.165, 1.54) is 19.3 Å². The summed E-state index contributed by atoms with van der Waals surface area (Å²) >= 11 is 0. The van der Waals surface area contributed by atoms with Crippen molar-refractivity contribution in [3.05, 3.63) is 12.2 Å². The molecule has 0 aromatic heterocycles. The van der Waals surface area contributed by atoms with Gasteiger partial charge in [0.1, 0.15) is 6.10 Å². The van der Waals surface area contributed by atoms with E-state index < -0.39 is 8.80 Å². The quantitative estimate of drug-likeness (QED) is 0.205. The van der Waals surface area contributed by atoms with Crippen LogP contribution in [-0.4, -0.2) is 42.2 Å². The molecule has 0 amide bonds. The van der Waals surface area contributed by atoms with Gasteiger partial charge in [0.25, 0.3) is 0 Å². The van der Waals surface area contributed by atoms with Crippen LogP contribution in [-0.2, 0) is 22.8 Å². The minimum absolute atomic E-state index is 0.145. The van der Waals surface area contributed by atoms with Crippen molar-refractivity contribution in [2.75, 3.05) is 21.3 Å². The van der Waals surface area contributed by atoms with Gasteiger partial charge in [0.2, 0.25) is 0 Å². The maximum Gasteiger partial charge on any atom is 0.500 e. The van der Waals surface area contributed by atoms with Gasteiger partial charge in [0.05, 0.1) is 0 Å². The number of hydrogen-bond acceptors (Lipinski definition) is 5. The smallest absolute Gasteiger partial charge is 0.459 e. The summed E-state index contributed by atoms with van der Waals surface area (Å²) in [4.78, 5) is 11.8. The van der Waals surface area contributed by atoms with E-state index in [0.29, 0.717) is 18.0 Å². The van der Waals surface area contributed by atoms with Crippen molar-refractivity contribution >= 4 is 14.8 Å². The largest absolute Gasteiger partial charge is 0.500 e. The minimum Gasteiger partial charge on any atom is -0.459 e. The molecular weight excluding hydrogens is 312 g/mol. The predicted molar refractivity (Wildman–Crippen MR) is 94.3 cm³/mol. The molecule has 0 rings (SSSR count). The Bertz CT molecular complexity index is 334. The van der Waals surface area contributed by atoms with E-state index in [1.807, 2.05) is 0 Å². The Balaban J connectivity index is 4.52. The number of unbranched alkanes of at least 4 members (excludes halogenated alkanes) is 4. The first-order valence-corrected chi connectivity index (χ1v) is 10.4. The topological polar surface area (TPSA) is 54.0 Å². The molecule has 0 N–H and O–H groups in total. The fourth-order valence-electron chi connectivity index (χ4n) is 2.38. The van der Waals surface area contributed by atoms with Crippen molar-refractivity contribution in [2.45, 2.75) is 70.9 Å². The third-order valence-corrected chi connectivity index (χ3v) is 6.72. The minimum atomic E-state index is -2.63. The first-order chi connectivity index (χ1) is 10.9. The highest BCUT2D eigenvalue weighted by Crippen LogP contribution is 2.21. The molecule has 136 valence electrons. The lowest BCUT2D eigenvalue weighted by atomic mass is 10.1. The van der Waals surface area contributed by atoms with Gasteiger partial charge in [-0.25, -0.2) is 4.79 Å². The monoisotopic (exact) mass is 346 g/mol. The molecule has 1 unspecified atom stereocenters. The van der Waals surface area contributed by atoms with Crippen molar-refractivity contribution in [1.29, 1.82) is 0 Å². The van der Waals surface area contributed by atoms with Crippen LogP contribution in [0.15, 0.2) is 12.2 Å². The van der Waals surface area contributed by atoms with E-state index in [4.69, 9.17) is 18.0 Å². The zero-order chi connectivity index (χ0) is 17.7. The maximum absolute atomic E-state index is 11.8. The number of carbonyl (C=O) groups excluding carboxylic acids is 1. The van der Waals surface area contributed by atoms with Gasteiger partial charge in [0.15, 0.2) is 0 Å². The molecule has 0 spiro atoms. The fraction of sp³-hybridized carbons (Fsp3) is 0.824. The van der Waals surface area contributed by atoms with E-state index in [2.05, 4.69) is 13.5 Å². The van der Waals surface area contributed by atoms with Crippen LogP contribution in [0.2, 0.25) is 6.04 Å². The first-order valence-electron chi connectivity index (χ1n) is 8.46. The van der Waals surface area contributed by atoms with Crippen molar-refractivity contribution in [3.63, 3.8) is 0 Å². The number of ether oxygens (including phenoxy) is 1. The van der Waals surface area contributed by atoms with Crippen LogP contribution in [0.25, 0.3) is 0 Å². The Morgan fingerprint density at radius 2 is 1.57 bits per heavy atom. The fourth-order valence-corrected chi connectivity index (χ4v) is 4.17. The SMILES string of the molecule is C=C(C)C(=O)OC(CCCCCCC)CC[Si](OC)(OC)OC. The van der Waals surface area contributed by atoms with Gasteiger partial charge in [-0.05, 0) is 26.2 Å². The molecule has 0 aliphatic carbocycles. The second kappa shape index (κ2) is 12.7. The van der Waals surface area contributed by atoms with Crippen LogP contribution in [0.1, 0.15) is 58.8 Å². The van der Waals surface area contributed by atoms with Gasteiger partial charge >= 0.3 is 14.8 Å². The summed E-state index contributed by atoms with van der Waals surface area (Å²) < 4.78 is 21.9. The predicted octanol–water partition coefficient (Wildman–Crippen LogP) is 4.10. The third kappa shape index (κ3) is 9.25. The number of carbonyl (C=O) groups is 1.